The van der Waals surface area contributed by atoms with E-state index in [2.05, 4.69) is 213 Å². The van der Waals surface area contributed by atoms with Crippen LogP contribution in [0.25, 0.3) is 60.9 Å². The second-order valence-electron chi connectivity index (χ2n) is 20.3. The first-order valence-corrected chi connectivity index (χ1v) is 23.8. The molecule has 0 radical (unpaired) electrons. The predicted octanol–water partition coefficient (Wildman–Crippen LogP) is 15.6. The van der Waals surface area contributed by atoms with Crippen molar-refractivity contribution >= 4 is 55.6 Å². The van der Waals surface area contributed by atoms with Gasteiger partial charge in [0, 0.05) is 85.4 Å². The van der Waals surface area contributed by atoms with Crippen LogP contribution < -0.4 is 14.5 Å². The van der Waals surface area contributed by atoms with Crippen molar-refractivity contribution in [2.75, 3.05) is 9.80 Å². The van der Waals surface area contributed by atoms with Crippen molar-refractivity contribution in [2.45, 2.75) is 78.2 Å². The number of rotatable bonds is 7. The number of para-hydroxylation sites is 1. The first kappa shape index (κ1) is 44.5. The number of hydrogen-bond donors (Lipinski definition) is 0. The first-order chi connectivity index (χ1) is 33.0. The zero-order valence-electron chi connectivity index (χ0n) is 39.8. The summed E-state index contributed by atoms with van der Waals surface area (Å²) in [5.41, 5.74) is 15.3. The number of nitrogens with zero attached hydrogens (tertiary/aromatic N) is 6. The van der Waals surface area contributed by atoms with Crippen LogP contribution in [-0.4, -0.2) is 19.1 Å². The quantitative estimate of drug-likeness (QED) is 0.149. The van der Waals surface area contributed by atoms with Crippen LogP contribution in [0.5, 0.6) is 11.5 Å². The van der Waals surface area contributed by atoms with E-state index in [1.54, 1.807) is 0 Å². The summed E-state index contributed by atoms with van der Waals surface area (Å²) in [6.07, 6.45) is 5.20. The van der Waals surface area contributed by atoms with Gasteiger partial charge in [-0.1, -0.05) is 126 Å². The minimum Gasteiger partial charge on any atom is -0.509 e. The molecule has 7 nitrogen and oxygen atoms in total. The van der Waals surface area contributed by atoms with Crippen LogP contribution in [0, 0.1) is 18.8 Å². The molecular formula is C61H53N6OPt-3. The van der Waals surface area contributed by atoms with Crippen molar-refractivity contribution in [2.24, 2.45) is 0 Å². The van der Waals surface area contributed by atoms with Crippen molar-refractivity contribution < 1.29 is 25.8 Å². The van der Waals surface area contributed by atoms with Gasteiger partial charge in [0.05, 0.1) is 11.0 Å². The Morgan fingerprint density at radius 2 is 1.28 bits per heavy atom. The van der Waals surface area contributed by atoms with E-state index in [4.69, 9.17) is 14.7 Å². The Morgan fingerprint density at radius 3 is 2.00 bits per heavy atom. The molecule has 12 rings (SSSR count). The third kappa shape index (κ3) is 7.91. The van der Waals surface area contributed by atoms with E-state index in [9.17, 15) is 0 Å². The first-order valence-electron chi connectivity index (χ1n) is 23.8. The summed E-state index contributed by atoms with van der Waals surface area (Å²) in [4.78, 5) is 14.8. The molecule has 0 atom stereocenters. The van der Waals surface area contributed by atoms with Crippen molar-refractivity contribution in [3.05, 3.63) is 194 Å². The number of ether oxygens (including phenoxy) is 1. The smallest absolute Gasteiger partial charge is 0.135 e. The molecule has 0 spiro atoms. The van der Waals surface area contributed by atoms with Gasteiger partial charge in [-0.3, -0.25) is 0 Å². The number of aryl methyl sites for hydroxylation is 2. The molecule has 346 valence electrons. The summed E-state index contributed by atoms with van der Waals surface area (Å²) in [7, 11) is 0. The molecule has 0 saturated carbocycles. The number of benzene rings is 7. The fraction of sp³-hybridized carbons (Fsp3) is 0.197. The summed E-state index contributed by atoms with van der Waals surface area (Å²) in [6, 6.07) is 61.5. The van der Waals surface area contributed by atoms with Gasteiger partial charge < -0.3 is 23.7 Å². The molecule has 7 aromatic carbocycles. The van der Waals surface area contributed by atoms with E-state index in [0.717, 1.165) is 104 Å². The maximum Gasteiger partial charge on any atom is 0.135 e. The largest absolute Gasteiger partial charge is 0.509 e. The molecule has 0 N–H and O–H groups in total. The Bertz CT molecular complexity index is 3500. The molecular weight excluding hydrogens is 1030 g/mol. The van der Waals surface area contributed by atoms with Gasteiger partial charge in [0.2, 0.25) is 0 Å². The van der Waals surface area contributed by atoms with E-state index in [-0.39, 0.29) is 31.9 Å². The van der Waals surface area contributed by atoms with Gasteiger partial charge in [0.25, 0.3) is 0 Å². The van der Waals surface area contributed by atoms with Gasteiger partial charge in [0.1, 0.15) is 11.6 Å². The molecule has 0 amide bonds. The molecule has 5 heterocycles. The maximum absolute atomic E-state index is 6.76. The van der Waals surface area contributed by atoms with Crippen LogP contribution in [-0.2, 0) is 44.9 Å². The summed E-state index contributed by atoms with van der Waals surface area (Å²) in [6.45, 7) is 16.8. The summed E-state index contributed by atoms with van der Waals surface area (Å²) >= 11 is 0. The zero-order valence-corrected chi connectivity index (χ0v) is 42.1. The fourth-order valence-electron chi connectivity index (χ4n) is 10.1. The van der Waals surface area contributed by atoms with Crippen LogP contribution in [0.3, 0.4) is 0 Å². The van der Waals surface area contributed by atoms with E-state index < -0.39 is 0 Å². The molecule has 0 saturated heterocycles. The normalized spacial score (nSPS) is 13.8. The van der Waals surface area contributed by atoms with Crippen LogP contribution >= 0.6 is 0 Å². The molecule has 0 aliphatic carbocycles. The number of imidazole rings is 1. The molecule has 0 fully saturated rings. The van der Waals surface area contributed by atoms with Gasteiger partial charge in [-0.15, -0.1) is 48.1 Å². The molecule has 8 heteroatoms. The van der Waals surface area contributed by atoms with Gasteiger partial charge in [0.15, 0.2) is 0 Å². The summed E-state index contributed by atoms with van der Waals surface area (Å²) in [5.74, 6) is 3.20. The Morgan fingerprint density at radius 1 is 0.594 bits per heavy atom. The Hall–Kier alpha value is -6.95. The van der Waals surface area contributed by atoms with Gasteiger partial charge in [-0.25, -0.2) is 9.97 Å². The van der Waals surface area contributed by atoms with Crippen molar-refractivity contribution in [3.63, 3.8) is 0 Å². The zero-order chi connectivity index (χ0) is 46.3. The molecule has 69 heavy (non-hydrogen) atoms. The Labute approximate surface area is 419 Å². The summed E-state index contributed by atoms with van der Waals surface area (Å²) < 4.78 is 11.4. The molecule has 3 aromatic heterocycles. The van der Waals surface area contributed by atoms with E-state index in [1.165, 1.54) is 22.3 Å². The molecule has 10 aromatic rings. The average molecular weight is 1080 g/mol. The molecule has 2 aliphatic rings. The Kier molecular flexibility index (Phi) is 11.1. The predicted molar refractivity (Wildman–Crippen MR) is 279 cm³/mol. The third-order valence-electron chi connectivity index (χ3n) is 13.7. The average Bonchev–Trinajstić information content (AvgIpc) is 4.02. The molecule has 0 bridgehead atoms. The van der Waals surface area contributed by atoms with Crippen molar-refractivity contribution in [1.82, 2.24) is 19.1 Å². The van der Waals surface area contributed by atoms with E-state index in [0.29, 0.717) is 11.5 Å². The van der Waals surface area contributed by atoms with Gasteiger partial charge in [-0.2, -0.15) is 12.1 Å². The van der Waals surface area contributed by atoms with E-state index >= 15 is 0 Å². The standard InChI is InChI=1S/C61H53N6O.Pt/c1-60(2,3)42-29-30-62-58(34-42)67-52-25-14-13-24-47(52)48-28-27-46(36-53(48)67)68-45-23-17-22-44(35-45)65-39-66(56-38-54-51(37-55(56)65)63-57-26-15-16-31-64(54)57)59-49(40-18-9-7-10-19-40)32-43(61(4,5)6)33-50(59)41-20-11-8-12-21-41;/h7-14,17-25,27-30,32-34,37-39H,15-16,26,31H2,1-6H3;/q-3;. The van der Waals surface area contributed by atoms with Gasteiger partial charge in [-0.05, 0) is 93.8 Å². The minimum absolute atomic E-state index is 0. The second kappa shape index (κ2) is 17.2. The maximum atomic E-state index is 6.76. The Balaban J connectivity index is 0.00000520. The van der Waals surface area contributed by atoms with Crippen LogP contribution in [0.15, 0.2) is 158 Å². The number of pyridine rings is 1. The van der Waals surface area contributed by atoms with Crippen molar-refractivity contribution in [1.29, 1.82) is 0 Å². The monoisotopic (exact) mass is 1080 g/mol. The number of aromatic nitrogens is 4. The van der Waals surface area contributed by atoms with Crippen LogP contribution in [0.4, 0.5) is 22.7 Å². The summed E-state index contributed by atoms with van der Waals surface area (Å²) in [5, 5.41) is 2.23. The minimum atomic E-state index is -0.0881. The van der Waals surface area contributed by atoms with Crippen molar-refractivity contribution in [3.8, 4) is 39.6 Å². The fourth-order valence-corrected chi connectivity index (χ4v) is 10.1. The number of anilines is 4. The topological polar surface area (TPSA) is 51.4 Å². The van der Waals surface area contributed by atoms with E-state index in [1.807, 2.05) is 24.4 Å². The number of fused-ring (bicyclic) bond motifs is 7. The van der Waals surface area contributed by atoms with Gasteiger partial charge >= 0.3 is 0 Å². The number of hydrogen-bond acceptors (Lipinski definition) is 5. The van der Waals surface area contributed by atoms with Crippen LogP contribution in [0.2, 0.25) is 0 Å². The SMILES string of the molecule is CC(C)(C)c1ccnc(-n2c3[c-]c(Oc4[c-]c(N5[CH-]N(c6c(-c7ccccc7)cc(C(C)(C)C)cc6-c6ccccc6)c6cc7c(cc65)nc5n7CCCC5)ccc4)ccc3c3ccccc32)c1.[Pt]. The van der Waals surface area contributed by atoms with Crippen LogP contribution in [0.1, 0.15) is 71.3 Å². The molecule has 2 aliphatic heterocycles. The second-order valence-corrected chi connectivity index (χ2v) is 20.3. The third-order valence-corrected chi connectivity index (χ3v) is 13.7. The molecule has 0 unspecified atom stereocenters.